The minimum absolute atomic E-state index is 0.0938. The van der Waals surface area contributed by atoms with Crippen LogP contribution in [0.4, 0.5) is 0 Å². The van der Waals surface area contributed by atoms with Gasteiger partial charge in [0.25, 0.3) is 5.56 Å². The van der Waals surface area contributed by atoms with E-state index >= 15 is 0 Å². The highest BCUT2D eigenvalue weighted by Crippen LogP contribution is 2.42. The molecule has 1 aromatic heterocycles. The Bertz CT molecular complexity index is 619. The van der Waals surface area contributed by atoms with Crippen LogP contribution in [0.2, 0.25) is 0 Å². The van der Waals surface area contributed by atoms with Gasteiger partial charge >= 0.3 is 5.69 Å². The van der Waals surface area contributed by atoms with E-state index in [4.69, 9.17) is 0 Å². The molecular weight excluding hydrogens is 244 g/mol. The zero-order chi connectivity index (χ0) is 14.2. The molecular formula is C14H20N2O3. The van der Waals surface area contributed by atoms with Gasteiger partial charge in [0.1, 0.15) is 0 Å². The normalized spacial score (nSPS) is 17.6. The summed E-state index contributed by atoms with van der Waals surface area (Å²) in [6.07, 6.45) is 5.89. The number of hydrogen-bond acceptors (Lipinski definition) is 3. The Hall–Kier alpha value is -1.65. The predicted molar refractivity (Wildman–Crippen MR) is 72.4 cm³/mol. The van der Waals surface area contributed by atoms with Crippen LogP contribution in [-0.2, 0) is 14.1 Å². The van der Waals surface area contributed by atoms with Crippen molar-refractivity contribution in [3.63, 3.8) is 0 Å². The fourth-order valence-electron chi connectivity index (χ4n) is 3.04. The molecule has 0 unspecified atom stereocenters. The Morgan fingerprint density at radius 3 is 2.37 bits per heavy atom. The zero-order valence-corrected chi connectivity index (χ0v) is 11.7. The molecule has 2 rings (SSSR count). The van der Waals surface area contributed by atoms with Crippen LogP contribution >= 0.6 is 0 Å². The number of ketones is 1. The molecule has 19 heavy (non-hydrogen) atoms. The molecule has 0 aromatic carbocycles. The molecule has 5 heteroatoms. The maximum Gasteiger partial charge on any atom is 0.330 e. The lowest BCUT2D eigenvalue weighted by Gasteiger charge is -2.25. The molecule has 1 aromatic rings. The standard InChI is InChI=1S/C14H20N2O3/c1-4-14(7-5-6-8-14)11(17)10-9-15(2)13(19)16(3)12(10)18/h9H,4-8H2,1-3H3. The topological polar surface area (TPSA) is 61.1 Å². The first kappa shape index (κ1) is 13.8. The molecule has 1 fully saturated rings. The molecule has 0 amide bonds. The van der Waals surface area contributed by atoms with Gasteiger partial charge in [0, 0.05) is 25.7 Å². The van der Waals surface area contributed by atoms with Gasteiger partial charge in [-0.15, -0.1) is 0 Å². The molecule has 0 spiro atoms. The molecule has 1 saturated carbocycles. The molecule has 1 aliphatic carbocycles. The van der Waals surface area contributed by atoms with E-state index in [1.807, 2.05) is 6.92 Å². The summed E-state index contributed by atoms with van der Waals surface area (Å²) in [4.78, 5) is 36.5. The van der Waals surface area contributed by atoms with Gasteiger partial charge < -0.3 is 4.57 Å². The summed E-state index contributed by atoms with van der Waals surface area (Å²) in [6.45, 7) is 2.00. The summed E-state index contributed by atoms with van der Waals surface area (Å²) in [5.74, 6) is -0.0938. The second-order valence-electron chi connectivity index (χ2n) is 5.47. The number of nitrogens with zero attached hydrogens (tertiary/aromatic N) is 2. The molecule has 0 bridgehead atoms. The Morgan fingerprint density at radius 1 is 1.26 bits per heavy atom. The van der Waals surface area contributed by atoms with Gasteiger partial charge in [-0.3, -0.25) is 14.2 Å². The fraction of sp³-hybridized carbons (Fsp3) is 0.643. The molecule has 0 saturated heterocycles. The van der Waals surface area contributed by atoms with E-state index in [9.17, 15) is 14.4 Å². The SMILES string of the molecule is CCC1(C(=O)c2cn(C)c(=O)n(C)c2=O)CCCC1. The van der Waals surface area contributed by atoms with Crippen LogP contribution in [0.25, 0.3) is 0 Å². The van der Waals surface area contributed by atoms with E-state index in [-0.39, 0.29) is 11.3 Å². The second-order valence-corrected chi connectivity index (χ2v) is 5.47. The van der Waals surface area contributed by atoms with Gasteiger partial charge in [0.2, 0.25) is 0 Å². The van der Waals surface area contributed by atoms with Crippen LogP contribution in [0.3, 0.4) is 0 Å². The fourth-order valence-corrected chi connectivity index (χ4v) is 3.04. The third kappa shape index (κ3) is 2.07. The highest BCUT2D eigenvalue weighted by atomic mass is 16.2. The van der Waals surface area contributed by atoms with Gasteiger partial charge in [-0.1, -0.05) is 19.8 Å². The molecule has 0 aliphatic heterocycles. The van der Waals surface area contributed by atoms with E-state index in [1.54, 1.807) is 7.05 Å². The highest BCUT2D eigenvalue weighted by Gasteiger charge is 2.41. The van der Waals surface area contributed by atoms with Crippen molar-refractivity contribution in [3.05, 3.63) is 32.6 Å². The Labute approximate surface area is 111 Å². The second kappa shape index (κ2) is 4.79. The lowest BCUT2D eigenvalue weighted by molar-refractivity contribution is 0.0787. The van der Waals surface area contributed by atoms with Crippen LogP contribution in [-0.4, -0.2) is 14.9 Å². The summed E-state index contributed by atoms with van der Waals surface area (Å²) >= 11 is 0. The molecule has 0 N–H and O–H groups in total. The summed E-state index contributed by atoms with van der Waals surface area (Å²) in [5.41, 5.74) is -1.14. The maximum atomic E-state index is 12.7. The minimum atomic E-state index is -0.479. The van der Waals surface area contributed by atoms with E-state index < -0.39 is 16.7 Å². The average Bonchev–Trinajstić information content (AvgIpc) is 2.89. The van der Waals surface area contributed by atoms with Gasteiger partial charge in [-0.05, 0) is 19.3 Å². The minimum Gasteiger partial charge on any atom is -0.303 e. The number of hydrogen-bond donors (Lipinski definition) is 0. The first-order valence-corrected chi connectivity index (χ1v) is 6.74. The van der Waals surface area contributed by atoms with Crippen molar-refractivity contribution in [3.8, 4) is 0 Å². The lowest BCUT2D eigenvalue weighted by Crippen LogP contribution is -2.42. The summed E-state index contributed by atoms with van der Waals surface area (Å²) in [7, 11) is 2.97. The van der Waals surface area contributed by atoms with Crippen molar-refractivity contribution >= 4 is 5.78 Å². The Balaban J connectivity index is 2.57. The van der Waals surface area contributed by atoms with Gasteiger partial charge in [0.05, 0.1) is 5.56 Å². The first-order chi connectivity index (χ1) is 8.93. The van der Waals surface area contributed by atoms with E-state index in [0.717, 1.165) is 36.7 Å². The quantitative estimate of drug-likeness (QED) is 0.772. The highest BCUT2D eigenvalue weighted by molar-refractivity contribution is 6.00. The van der Waals surface area contributed by atoms with Crippen molar-refractivity contribution in [2.45, 2.75) is 39.0 Å². The van der Waals surface area contributed by atoms with Gasteiger partial charge in [0.15, 0.2) is 5.78 Å². The summed E-state index contributed by atoms with van der Waals surface area (Å²) in [6, 6.07) is 0. The number of Topliss-reactive ketones (excluding diaryl/α,β-unsaturated/α-hetero) is 1. The number of aryl methyl sites for hydroxylation is 1. The van der Waals surface area contributed by atoms with Crippen LogP contribution < -0.4 is 11.2 Å². The van der Waals surface area contributed by atoms with Gasteiger partial charge in [-0.25, -0.2) is 4.79 Å². The Morgan fingerprint density at radius 2 is 1.84 bits per heavy atom. The maximum absolute atomic E-state index is 12.7. The molecule has 104 valence electrons. The van der Waals surface area contributed by atoms with Crippen LogP contribution in [0.1, 0.15) is 49.4 Å². The van der Waals surface area contributed by atoms with Crippen LogP contribution in [0.5, 0.6) is 0 Å². The van der Waals surface area contributed by atoms with Crippen molar-refractivity contribution < 1.29 is 4.79 Å². The van der Waals surface area contributed by atoms with Crippen molar-refractivity contribution in [1.29, 1.82) is 0 Å². The number of carbonyl (C=O) groups excluding carboxylic acids is 1. The third-order valence-electron chi connectivity index (χ3n) is 4.41. The molecule has 0 atom stereocenters. The third-order valence-corrected chi connectivity index (χ3v) is 4.41. The van der Waals surface area contributed by atoms with E-state index in [1.165, 1.54) is 17.8 Å². The molecule has 5 nitrogen and oxygen atoms in total. The molecule has 0 radical (unpaired) electrons. The molecule has 1 aliphatic rings. The first-order valence-electron chi connectivity index (χ1n) is 6.74. The average molecular weight is 264 g/mol. The largest absolute Gasteiger partial charge is 0.330 e. The zero-order valence-electron chi connectivity index (χ0n) is 11.7. The Kier molecular flexibility index (Phi) is 3.47. The summed E-state index contributed by atoms with van der Waals surface area (Å²) in [5, 5.41) is 0. The lowest BCUT2D eigenvalue weighted by atomic mass is 9.77. The monoisotopic (exact) mass is 264 g/mol. The number of rotatable bonds is 3. The smallest absolute Gasteiger partial charge is 0.303 e. The van der Waals surface area contributed by atoms with Gasteiger partial charge in [-0.2, -0.15) is 0 Å². The number of aromatic nitrogens is 2. The number of carbonyl (C=O) groups is 1. The van der Waals surface area contributed by atoms with Crippen LogP contribution in [0, 0.1) is 5.41 Å². The van der Waals surface area contributed by atoms with Crippen molar-refractivity contribution in [1.82, 2.24) is 9.13 Å². The molecule has 1 heterocycles. The van der Waals surface area contributed by atoms with Crippen molar-refractivity contribution in [2.75, 3.05) is 0 Å². The predicted octanol–water partition coefficient (Wildman–Crippen LogP) is 1.24. The van der Waals surface area contributed by atoms with E-state index in [0.29, 0.717) is 0 Å². The van der Waals surface area contributed by atoms with Crippen molar-refractivity contribution in [2.24, 2.45) is 19.5 Å². The summed E-state index contributed by atoms with van der Waals surface area (Å²) < 4.78 is 2.30. The van der Waals surface area contributed by atoms with Crippen LogP contribution in [0.15, 0.2) is 15.8 Å². The van der Waals surface area contributed by atoms with E-state index in [2.05, 4.69) is 0 Å².